The summed E-state index contributed by atoms with van der Waals surface area (Å²) >= 11 is 1.33. The first-order valence-electron chi connectivity index (χ1n) is 7.10. The minimum absolute atomic E-state index is 0.290. The van der Waals surface area contributed by atoms with Crippen LogP contribution in [0.25, 0.3) is 11.4 Å². The van der Waals surface area contributed by atoms with Gasteiger partial charge in [0.25, 0.3) is 0 Å². The van der Waals surface area contributed by atoms with Crippen molar-refractivity contribution in [2.75, 3.05) is 0 Å². The lowest BCUT2D eigenvalue weighted by Gasteiger charge is -2.07. The number of hydrogen-bond donors (Lipinski definition) is 0. The van der Waals surface area contributed by atoms with Gasteiger partial charge in [-0.3, -0.25) is 4.98 Å². The first-order chi connectivity index (χ1) is 11.2. The zero-order valence-electron chi connectivity index (χ0n) is 12.4. The van der Waals surface area contributed by atoms with Crippen molar-refractivity contribution >= 4 is 11.8 Å². The van der Waals surface area contributed by atoms with E-state index in [9.17, 15) is 8.78 Å². The molecule has 3 rings (SSSR count). The molecule has 0 N–H and O–H groups in total. The average molecular weight is 332 g/mol. The molecule has 0 bridgehead atoms. The standard InChI is InChI=1S/C16H14F2N4S/c1-2-22-15(11-6-8-19-9-7-11)20-21-16(22)23-10-12-4-3-5-13(17)14(12)18/h3-9H,2,10H2,1H3. The number of nitrogens with zero attached hydrogens (tertiary/aromatic N) is 4. The molecule has 0 aliphatic rings. The van der Waals surface area contributed by atoms with Crippen LogP contribution in [0.15, 0.2) is 47.9 Å². The molecule has 0 atom stereocenters. The van der Waals surface area contributed by atoms with Gasteiger partial charge in [0.1, 0.15) is 0 Å². The topological polar surface area (TPSA) is 43.6 Å². The van der Waals surface area contributed by atoms with Crippen LogP contribution in [0.3, 0.4) is 0 Å². The van der Waals surface area contributed by atoms with E-state index in [-0.39, 0.29) is 5.75 Å². The minimum Gasteiger partial charge on any atom is -0.302 e. The Morgan fingerprint density at radius 1 is 1.09 bits per heavy atom. The van der Waals surface area contributed by atoms with E-state index in [1.165, 1.54) is 17.8 Å². The highest BCUT2D eigenvalue weighted by atomic mass is 32.2. The molecule has 2 aromatic heterocycles. The summed E-state index contributed by atoms with van der Waals surface area (Å²) in [5.74, 6) is -0.621. The highest BCUT2D eigenvalue weighted by Crippen LogP contribution is 2.27. The molecule has 2 heterocycles. The van der Waals surface area contributed by atoms with Gasteiger partial charge in [0.05, 0.1) is 0 Å². The zero-order chi connectivity index (χ0) is 16.2. The van der Waals surface area contributed by atoms with Crippen LogP contribution in [0.1, 0.15) is 12.5 Å². The summed E-state index contributed by atoms with van der Waals surface area (Å²) < 4.78 is 28.9. The highest BCUT2D eigenvalue weighted by molar-refractivity contribution is 7.98. The van der Waals surface area contributed by atoms with E-state index < -0.39 is 11.6 Å². The van der Waals surface area contributed by atoms with Crippen LogP contribution in [-0.2, 0) is 12.3 Å². The summed E-state index contributed by atoms with van der Waals surface area (Å²) in [5, 5.41) is 9.05. The van der Waals surface area contributed by atoms with E-state index in [0.717, 1.165) is 17.5 Å². The largest absolute Gasteiger partial charge is 0.302 e. The zero-order valence-corrected chi connectivity index (χ0v) is 13.2. The Morgan fingerprint density at radius 3 is 2.61 bits per heavy atom. The molecule has 0 unspecified atom stereocenters. The Bertz CT molecular complexity index is 805. The Balaban J connectivity index is 1.84. The van der Waals surface area contributed by atoms with Crippen molar-refractivity contribution < 1.29 is 8.78 Å². The predicted molar refractivity (Wildman–Crippen MR) is 84.8 cm³/mol. The van der Waals surface area contributed by atoms with Gasteiger partial charge in [0.15, 0.2) is 22.6 Å². The third-order valence-electron chi connectivity index (χ3n) is 3.36. The molecule has 118 valence electrons. The lowest BCUT2D eigenvalue weighted by Crippen LogP contribution is -2.00. The molecule has 0 amide bonds. The van der Waals surface area contributed by atoms with E-state index in [4.69, 9.17) is 0 Å². The van der Waals surface area contributed by atoms with E-state index in [2.05, 4.69) is 15.2 Å². The second kappa shape index (κ2) is 6.87. The quantitative estimate of drug-likeness (QED) is 0.664. The molecule has 0 aliphatic heterocycles. The average Bonchev–Trinajstić information content (AvgIpc) is 3.00. The molecular weight excluding hydrogens is 318 g/mol. The van der Waals surface area contributed by atoms with Gasteiger partial charge in [0, 0.05) is 35.8 Å². The molecule has 0 radical (unpaired) electrons. The minimum atomic E-state index is -0.836. The molecule has 0 saturated heterocycles. The fraction of sp³-hybridized carbons (Fsp3) is 0.188. The second-order valence-corrected chi connectivity index (χ2v) is 5.73. The van der Waals surface area contributed by atoms with Gasteiger partial charge in [-0.05, 0) is 25.1 Å². The maximum Gasteiger partial charge on any atom is 0.191 e. The van der Waals surface area contributed by atoms with Gasteiger partial charge < -0.3 is 4.57 Å². The Kier molecular flexibility index (Phi) is 4.66. The third kappa shape index (κ3) is 3.24. The molecule has 0 spiro atoms. The lowest BCUT2D eigenvalue weighted by atomic mass is 10.2. The summed E-state index contributed by atoms with van der Waals surface area (Å²) in [5.41, 5.74) is 1.23. The third-order valence-corrected chi connectivity index (χ3v) is 4.38. The van der Waals surface area contributed by atoms with Crippen LogP contribution in [0.4, 0.5) is 8.78 Å². The first kappa shape index (κ1) is 15.6. The number of thioether (sulfide) groups is 1. The summed E-state index contributed by atoms with van der Waals surface area (Å²) in [4.78, 5) is 3.99. The van der Waals surface area contributed by atoms with Gasteiger partial charge in [-0.1, -0.05) is 23.9 Å². The lowest BCUT2D eigenvalue weighted by molar-refractivity contribution is 0.502. The summed E-state index contributed by atoms with van der Waals surface area (Å²) in [6.45, 7) is 2.67. The van der Waals surface area contributed by atoms with Crippen LogP contribution < -0.4 is 0 Å². The van der Waals surface area contributed by atoms with Gasteiger partial charge in [-0.2, -0.15) is 0 Å². The van der Waals surface area contributed by atoms with Crippen molar-refractivity contribution in [1.29, 1.82) is 0 Å². The molecule has 4 nitrogen and oxygen atoms in total. The predicted octanol–water partition coefficient (Wildman–Crippen LogP) is 3.93. The van der Waals surface area contributed by atoms with Crippen molar-refractivity contribution in [2.45, 2.75) is 24.4 Å². The van der Waals surface area contributed by atoms with Gasteiger partial charge in [0.2, 0.25) is 0 Å². The number of halogens is 2. The van der Waals surface area contributed by atoms with Crippen LogP contribution in [0.5, 0.6) is 0 Å². The highest BCUT2D eigenvalue weighted by Gasteiger charge is 2.14. The van der Waals surface area contributed by atoms with Crippen molar-refractivity contribution in [1.82, 2.24) is 19.7 Å². The Morgan fingerprint density at radius 2 is 1.87 bits per heavy atom. The molecule has 7 heteroatoms. The van der Waals surface area contributed by atoms with Crippen LogP contribution in [-0.4, -0.2) is 19.7 Å². The van der Waals surface area contributed by atoms with Crippen LogP contribution in [0, 0.1) is 11.6 Å². The normalized spacial score (nSPS) is 10.9. The molecule has 1 aromatic carbocycles. The SMILES string of the molecule is CCn1c(SCc2cccc(F)c2F)nnc1-c1ccncc1. The monoisotopic (exact) mass is 332 g/mol. The maximum atomic E-state index is 13.7. The number of hydrogen-bond acceptors (Lipinski definition) is 4. The van der Waals surface area contributed by atoms with E-state index in [1.807, 2.05) is 23.6 Å². The smallest absolute Gasteiger partial charge is 0.191 e. The van der Waals surface area contributed by atoms with Crippen molar-refractivity contribution in [3.63, 3.8) is 0 Å². The summed E-state index contributed by atoms with van der Waals surface area (Å²) in [6, 6.07) is 7.90. The van der Waals surface area contributed by atoms with E-state index in [1.54, 1.807) is 18.5 Å². The van der Waals surface area contributed by atoms with Gasteiger partial charge in [-0.15, -0.1) is 10.2 Å². The number of rotatable bonds is 5. The van der Waals surface area contributed by atoms with E-state index >= 15 is 0 Å². The fourth-order valence-corrected chi connectivity index (χ4v) is 3.17. The van der Waals surface area contributed by atoms with Crippen molar-refractivity contribution in [3.8, 4) is 11.4 Å². The molecule has 0 aliphatic carbocycles. The number of benzene rings is 1. The first-order valence-corrected chi connectivity index (χ1v) is 8.08. The number of pyridine rings is 1. The van der Waals surface area contributed by atoms with Crippen molar-refractivity contribution in [2.24, 2.45) is 0 Å². The van der Waals surface area contributed by atoms with E-state index in [0.29, 0.717) is 17.3 Å². The maximum absolute atomic E-state index is 13.7. The van der Waals surface area contributed by atoms with Gasteiger partial charge in [-0.25, -0.2) is 8.78 Å². The molecular formula is C16H14F2N4S. The molecule has 0 fully saturated rings. The van der Waals surface area contributed by atoms with Crippen LogP contribution >= 0.6 is 11.8 Å². The second-order valence-electron chi connectivity index (χ2n) is 4.79. The molecule has 0 saturated carbocycles. The molecule has 3 aromatic rings. The number of aromatic nitrogens is 4. The van der Waals surface area contributed by atoms with Gasteiger partial charge >= 0.3 is 0 Å². The Labute approximate surface area is 136 Å². The van der Waals surface area contributed by atoms with Crippen LogP contribution in [0.2, 0.25) is 0 Å². The fourth-order valence-electron chi connectivity index (χ4n) is 2.20. The van der Waals surface area contributed by atoms with Crippen molar-refractivity contribution in [3.05, 3.63) is 59.9 Å². The molecule has 23 heavy (non-hydrogen) atoms. The summed E-state index contributed by atoms with van der Waals surface area (Å²) in [6.07, 6.45) is 3.39. The Hall–Kier alpha value is -2.28. The summed E-state index contributed by atoms with van der Waals surface area (Å²) in [7, 11) is 0.